The molecule has 2 aromatic carbocycles. The van der Waals surface area contributed by atoms with Crippen molar-refractivity contribution in [3.05, 3.63) is 46.0 Å². The quantitative estimate of drug-likeness (QED) is 0.527. The predicted octanol–water partition coefficient (Wildman–Crippen LogP) is 1.33. The Labute approximate surface area is 137 Å². The first-order valence-electron chi connectivity index (χ1n) is 6.37. The maximum atomic E-state index is 11.5. The van der Waals surface area contributed by atoms with Crippen molar-refractivity contribution in [2.75, 3.05) is 0 Å². The molecule has 0 unspecified atom stereocenters. The van der Waals surface area contributed by atoms with Gasteiger partial charge in [-0.15, -0.1) is 0 Å². The first-order chi connectivity index (χ1) is 11.6. The number of benzene rings is 2. The van der Waals surface area contributed by atoms with E-state index in [1.54, 1.807) is 0 Å². The lowest BCUT2D eigenvalue weighted by molar-refractivity contribution is 0.0634. The van der Waals surface area contributed by atoms with Crippen LogP contribution in [0.5, 0.6) is 0 Å². The minimum atomic E-state index is -1.88. The van der Waals surface area contributed by atoms with Crippen LogP contribution in [0.25, 0.3) is 10.8 Å². The number of carboxylic acids is 5. The molecule has 10 heteroatoms. The van der Waals surface area contributed by atoms with Gasteiger partial charge in [-0.05, 0) is 23.6 Å². The van der Waals surface area contributed by atoms with E-state index in [0.29, 0.717) is 6.07 Å². The summed E-state index contributed by atoms with van der Waals surface area (Å²) in [6.07, 6.45) is 0. The first-order valence-corrected chi connectivity index (χ1v) is 6.37. The van der Waals surface area contributed by atoms with Crippen molar-refractivity contribution >= 4 is 40.6 Å². The zero-order chi connectivity index (χ0) is 19.0. The zero-order valence-electron chi connectivity index (χ0n) is 12.0. The number of carbonyl (C=O) groups is 5. The molecule has 128 valence electrons. The molecule has 10 nitrogen and oxygen atoms in total. The Bertz CT molecular complexity index is 986. The van der Waals surface area contributed by atoms with Gasteiger partial charge < -0.3 is 25.5 Å². The van der Waals surface area contributed by atoms with Gasteiger partial charge >= 0.3 is 29.8 Å². The fourth-order valence-electron chi connectivity index (χ4n) is 2.44. The summed E-state index contributed by atoms with van der Waals surface area (Å²) >= 11 is 0. The van der Waals surface area contributed by atoms with Crippen molar-refractivity contribution in [3.63, 3.8) is 0 Å². The van der Waals surface area contributed by atoms with Crippen LogP contribution in [-0.4, -0.2) is 55.4 Å². The highest BCUT2D eigenvalue weighted by molar-refractivity contribution is 6.21. The molecule has 0 aromatic heterocycles. The number of carboxylic acid groups (broad SMARTS) is 5. The molecule has 5 N–H and O–H groups in total. The van der Waals surface area contributed by atoms with Crippen molar-refractivity contribution in [3.8, 4) is 0 Å². The Morgan fingerprint density at radius 1 is 0.560 bits per heavy atom. The van der Waals surface area contributed by atoms with E-state index in [0.717, 1.165) is 12.1 Å². The van der Waals surface area contributed by atoms with Gasteiger partial charge in [-0.1, -0.05) is 0 Å². The van der Waals surface area contributed by atoms with Gasteiger partial charge in [0, 0.05) is 5.39 Å². The standard InChI is InChI=1S/C15H8O10/c16-11(17)5-1-4-2-7(13(20)21)9(14(22)23)10(15(24)25)8(4)6(3-5)12(18)19/h1-3H,(H,16,17)(H,18,19)(H,20,21)(H,22,23)(H,24,25). The lowest BCUT2D eigenvalue weighted by atomic mass is 9.89. The second-order valence-electron chi connectivity index (χ2n) is 4.82. The van der Waals surface area contributed by atoms with Crippen LogP contribution in [0.2, 0.25) is 0 Å². The molecule has 0 atom stereocenters. The van der Waals surface area contributed by atoms with Crippen LogP contribution in [0.15, 0.2) is 18.2 Å². The lowest BCUT2D eigenvalue weighted by Crippen LogP contribution is -2.17. The van der Waals surface area contributed by atoms with Crippen LogP contribution < -0.4 is 0 Å². The molecule has 0 aliphatic carbocycles. The molecule has 0 amide bonds. The number of fused-ring (bicyclic) bond motifs is 1. The smallest absolute Gasteiger partial charge is 0.337 e. The molecule has 0 radical (unpaired) electrons. The average molecular weight is 348 g/mol. The summed E-state index contributed by atoms with van der Waals surface area (Å²) < 4.78 is 0. The van der Waals surface area contributed by atoms with Crippen molar-refractivity contribution in [1.82, 2.24) is 0 Å². The van der Waals surface area contributed by atoms with Gasteiger partial charge in [0.15, 0.2) is 0 Å². The highest BCUT2D eigenvalue weighted by atomic mass is 16.4. The van der Waals surface area contributed by atoms with Crippen molar-refractivity contribution in [2.24, 2.45) is 0 Å². The molecule has 0 aliphatic heterocycles. The Kier molecular flexibility index (Phi) is 4.12. The van der Waals surface area contributed by atoms with Crippen LogP contribution in [0, 0.1) is 0 Å². The number of hydrogen-bond donors (Lipinski definition) is 5. The molecular weight excluding hydrogens is 340 g/mol. The van der Waals surface area contributed by atoms with Gasteiger partial charge in [0.1, 0.15) is 0 Å². The van der Waals surface area contributed by atoms with E-state index in [1.165, 1.54) is 0 Å². The third-order valence-corrected chi connectivity index (χ3v) is 3.37. The predicted molar refractivity (Wildman–Crippen MR) is 78.7 cm³/mol. The molecule has 25 heavy (non-hydrogen) atoms. The van der Waals surface area contributed by atoms with Crippen molar-refractivity contribution in [2.45, 2.75) is 0 Å². The number of hydrogen-bond acceptors (Lipinski definition) is 5. The van der Waals surface area contributed by atoms with Crippen LogP contribution in [0.4, 0.5) is 0 Å². The van der Waals surface area contributed by atoms with Crippen LogP contribution in [-0.2, 0) is 0 Å². The van der Waals surface area contributed by atoms with Crippen molar-refractivity contribution < 1.29 is 49.5 Å². The normalized spacial score (nSPS) is 10.4. The SMILES string of the molecule is O=C(O)c1cc(C(=O)O)c2c(C(=O)O)c(C(=O)O)c(C(=O)O)cc2c1. The van der Waals surface area contributed by atoms with Gasteiger partial charge in [0.05, 0.1) is 27.8 Å². The molecular formula is C15H8O10. The van der Waals surface area contributed by atoms with Gasteiger partial charge in [-0.2, -0.15) is 0 Å². The molecule has 0 spiro atoms. The maximum Gasteiger partial charge on any atom is 0.337 e. The molecule has 0 saturated heterocycles. The van der Waals surface area contributed by atoms with E-state index in [1.807, 2.05) is 0 Å². The lowest BCUT2D eigenvalue weighted by Gasteiger charge is -2.13. The highest BCUT2D eigenvalue weighted by Gasteiger charge is 2.30. The Morgan fingerprint density at radius 3 is 1.48 bits per heavy atom. The third-order valence-electron chi connectivity index (χ3n) is 3.37. The summed E-state index contributed by atoms with van der Waals surface area (Å²) in [6, 6.07) is 2.27. The molecule has 2 rings (SSSR count). The Balaban J connectivity index is 3.22. The van der Waals surface area contributed by atoms with Gasteiger partial charge in [-0.3, -0.25) is 0 Å². The van der Waals surface area contributed by atoms with E-state index in [-0.39, 0.29) is 5.39 Å². The summed E-state index contributed by atoms with van der Waals surface area (Å²) in [4.78, 5) is 56.7. The monoisotopic (exact) mass is 348 g/mol. The molecule has 0 aliphatic rings. The second-order valence-corrected chi connectivity index (χ2v) is 4.82. The van der Waals surface area contributed by atoms with Crippen LogP contribution >= 0.6 is 0 Å². The summed E-state index contributed by atoms with van der Waals surface area (Å²) in [6.45, 7) is 0. The average Bonchev–Trinajstić information content (AvgIpc) is 2.50. The van der Waals surface area contributed by atoms with E-state index in [9.17, 15) is 39.3 Å². The fraction of sp³-hybridized carbons (Fsp3) is 0. The van der Waals surface area contributed by atoms with Crippen molar-refractivity contribution in [1.29, 1.82) is 0 Å². The maximum absolute atomic E-state index is 11.5. The van der Waals surface area contributed by atoms with Crippen LogP contribution in [0.3, 0.4) is 0 Å². The summed E-state index contributed by atoms with van der Waals surface area (Å²) in [5.74, 6) is -8.73. The second kappa shape index (κ2) is 5.92. The number of rotatable bonds is 5. The molecule has 0 bridgehead atoms. The summed E-state index contributed by atoms with van der Waals surface area (Å²) in [7, 11) is 0. The molecule has 0 fully saturated rings. The summed E-state index contributed by atoms with van der Waals surface area (Å²) in [5.41, 5.74) is -4.35. The third kappa shape index (κ3) is 2.83. The minimum absolute atomic E-state index is 0.336. The first kappa shape index (κ1) is 17.4. The Hall–Kier alpha value is -3.95. The highest BCUT2D eigenvalue weighted by Crippen LogP contribution is 2.31. The molecule has 2 aromatic rings. The van der Waals surface area contributed by atoms with E-state index in [4.69, 9.17) is 10.2 Å². The largest absolute Gasteiger partial charge is 0.478 e. The van der Waals surface area contributed by atoms with Gasteiger partial charge in [0.25, 0.3) is 0 Å². The molecule has 0 saturated carbocycles. The van der Waals surface area contributed by atoms with E-state index in [2.05, 4.69) is 0 Å². The van der Waals surface area contributed by atoms with E-state index >= 15 is 0 Å². The zero-order valence-corrected chi connectivity index (χ0v) is 12.0. The Morgan fingerprint density at radius 2 is 1.08 bits per heavy atom. The van der Waals surface area contributed by atoms with Gasteiger partial charge in [0.2, 0.25) is 0 Å². The fourth-order valence-corrected chi connectivity index (χ4v) is 2.44. The van der Waals surface area contributed by atoms with E-state index < -0.39 is 63.1 Å². The topological polar surface area (TPSA) is 186 Å². The van der Waals surface area contributed by atoms with Crippen LogP contribution in [0.1, 0.15) is 51.8 Å². The minimum Gasteiger partial charge on any atom is -0.478 e. The number of aromatic carboxylic acids is 5. The molecule has 0 heterocycles. The summed E-state index contributed by atoms with van der Waals surface area (Å²) in [5, 5.41) is 45.1. The van der Waals surface area contributed by atoms with Gasteiger partial charge in [-0.25, -0.2) is 24.0 Å².